The van der Waals surface area contributed by atoms with Crippen molar-refractivity contribution in [3.05, 3.63) is 20.3 Å². The molecule has 1 atom stereocenters. The first-order chi connectivity index (χ1) is 7.71. The van der Waals surface area contributed by atoms with E-state index in [0.717, 1.165) is 9.35 Å². The molecule has 0 aliphatic carbocycles. The van der Waals surface area contributed by atoms with E-state index in [1.165, 1.54) is 4.88 Å². The fourth-order valence-electron chi connectivity index (χ4n) is 1.84. The lowest BCUT2D eigenvalue weighted by Crippen LogP contribution is -2.23. The maximum Gasteiger partial charge on any atom is 0.303 e. The number of halogens is 1. The fourth-order valence-corrected chi connectivity index (χ4v) is 3.40. The molecule has 3 nitrogen and oxygen atoms in total. The molecule has 0 radical (unpaired) electrons. The molecule has 0 saturated carbocycles. The van der Waals surface area contributed by atoms with Gasteiger partial charge in [0.2, 0.25) is 0 Å². The van der Waals surface area contributed by atoms with E-state index in [1.54, 1.807) is 11.3 Å². The van der Waals surface area contributed by atoms with E-state index >= 15 is 0 Å². The second-order valence-electron chi connectivity index (χ2n) is 5.10. The summed E-state index contributed by atoms with van der Waals surface area (Å²) in [4.78, 5) is 13.1. The van der Waals surface area contributed by atoms with Crippen LogP contribution in [0.15, 0.2) is 10.5 Å². The molecule has 0 aromatic carbocycles. The molecule has 0 aliphatic rings. The van der Waals surface area contributed by atoms with Crippen molar-refractivity contribution in [3.8, 4) is 0 Å². The van der Waals surface area contributed by atoms with Crippen LogP contribution in [0.25, 0.3) is 0 Å². The lowest BCUT2D eigenvalue weighted by Gasteiger charge is -2.25. The van der Waals surface area contributed by atoms with Gasteiger partial charge in [0.1, 0.15) is 0 Å². The maximum absolute atomic E-state index is 10.7. The summed E-state index contributed by atoms with van der Waals surface area (Å²) >= 11 is 5.13. The van der Waals surface area contributed by atoms with Crippen LogP contribution in [0.4, 0.5) is 0 Å². The number of thiophene rings is 1. The smallest absolute Gasteiger partial charge is 0.303 e. The third-order valence-corrected chi connectivity index (χ3v) is 4.91. The Labute approximate surface area is 114 Å². The standard InChI is InChI=1S/C12H18BrNO2S/c1-7-8(13)4-10(17-7)9(14)5-12(2,3)6-11(15)16/h4,9H,5-6,14H2,1-3H3,(H,15,16). The molecule has 3 N–H and O–H groups in total. The molecule has 1 heterocycles. The van der Waals surface area contributed by atoms with E-state index < -0.39 is 5.97 Å². The molecule has 0 fully saturated rings. The van der Waals surface area contributed by atoms with Crippen LogP contribution >= 0.6 is 27.3 Å². The largest absolute Gasteiger partial charge is 0.481 e. The molecule has 0 aliphatic heterocycles. The number of carbonyl (C=O) groups is 1. The van der Waals surface area contributed by atoms with Crippen molar-refractivity contribution in [2.45, 2.75) is 39.7 Å². The number of aliphatic carboxylic acids is 1. The predicted molar refractivity (Wildman–Crippen MR) is 74.3 cm³/mol. The number of hydrogen-bond acceptors (Lipinski definition) is 3. The molecule has 1 rings (SSSR count). The predicted octanol–water partition coefficient (Wildman–Crippen LogP) is 3.71. The Morgan fingerprint density at radius 3 is 2.65 bits per heavy atom. The van der Waals surface area contributed by atoms with Gasteiger partial charge in [-0.1, -0.05) is 13.8 Å². The summed E-state index contributed by atoms with van der Waals surface area (Å²) < 4.78 is 1.07. The Hall–Kier alpha value is -0.390. The minimum Gasteiger partial charge on any atom is -0.481 e. The van der Waals surface area contributed by atoms with Gasteiger partial charge < -0.3 is 10.8 Å². The van der Waals surface area contributed by atoms with Crippen LogP contribution in [0.1, 0.15) is 42.5 Å². The normalized spacial score (nSPS) is 13.7. The Morgan fingerprint density at radius 1 is 1.65 bits per heavy atom. The van der Waals surface area contributed by atoms with E-state index in [2.05, 4.69) is 15.9 Å². The molecule has 1 aromatic heterocycles. The molecule has 1 aromatic rings. The van der Waals surface area contributed by atoms with Crippen LogP contribution < -0.4 is 5.73 Å². The van der Waals surface area contributed by atoms with E-state index in [4.69, 9.17) is 10.8 Å². The van der Waals surface area contributed by atoms with Crippen LogP contribution in [0.3, 0.4) is 0 Å². The number of rotatable bonds is 5. The van der Waals surface area contributed by atoms with Crippen LogP contribution in [0, 0.1) is 12.3 Å². The Kier molecular flexibility index (Phi) is 4.75. The Morgan fingerprint density at radius 2 is 2.24 bits per heavy atom. The van der Waals surface area contributed by atoms with Gasteiger partial charge >= 0.3 is 5.97 Å². The van der Waals surface area contributed by atoms with Gasteiger partial charge in [0.05, 0.1) is 6.42 Å². The van der Waals surface area contributed by atoms with Crippen molar-refractivity contribution >= 4 is 33.2 Å². The zero-order valence-corrected chi connectivity index (χ0v) is 12.7. The number of nitrogens with two attached hydrogens (primary N) is 1. The van der Waals surface area contributed by atoms with Crippen molar-refractivity contribution in [1.82, 2.24) is 0 Å². The zero-order chi connectivity index (χ0) is 13.2. The zero-order valence-electron chi connectivity index (χ0n) is 10.3. The van der Waals surface area contributed by atoms with Crippen molar-refractivity contribution in [2.75, 3.05) is 0 Å². The third kappa shape index (κ3) is 4.41. The van der Waals surface area contributed by atoms with Crippen molar-refractivity contribution in [3.63, 3.8) is 0 Å². The number of carboxylic acid groups (broad SMARTS) is 1. The summed E-state index contributed by atoms with van der Waals surface area (Å²) in [6.07, 6.45) is 0.817. The van der Waals surface area contributed by atoms with Crippen molar-refractivity contribution in [1.29, 1.82) is 0 Å². The van der Waals surface area contributed by atoms with Crippen LogP contribution in [0.5, 0.6) is 0 Å². The van der Waals surface area contributed by atoms with Gasteiger partial charge in [0.25, 0.3) is 0 Å². The lowest BCUT2D eigenvalue weighted by atomic mass is 9.82. The first kappa shape index (κ1) is 14.7. The Bertz CT molecular complexity index is 395. The van der Waals surface area contributed by atoms with Gasteiger partial charge in [0.15, 0.2) is 0 Å². The van der Waals surface area contributed by atoms with Gasteiger partial charge in [-0.05, 0) is 40.8 Å². The quantitative estimate of drug-likeness (QED) is 0.869. The van der Waals surface area contributed by atoms with Crippen LogP contribution in [-0.2, 0) is 4.79 Å². The van der Waals surface area contributed by atoms with Crippen molar-refractivity contribution < 1.29 is 9.90 Å². The minimum atomic E-state index is -0.772. The molecule has 0 spiro atoms. The summed E-state index contributed by atoms with van der Waals surface area (Å²) in [5.74, 6) is -0.772. The number of carboxylic acids is 1. The van der Waals surface area contributed by atoms with Gasteiger partial charge in [-0.25, -0.2) is 0 Å². The van der Waals surface area contributed by atoms with E-state index in [1.807, 2.05) is 26.8 Å². The average Bonchev–Trinajstić information content (AvgIpc) is 2.43. The summed E-state index contributed by atoms with van der Waals surface area (Å²) in [6.45, 7) is 5.92. The highest BCUT2D eigenvalue weighted by Crippen LogP contribution is 2.36. The first-order valence-corrected chi connectivity index (χ1v) is 7.05. The fraction of sp³-hybridized carbons (Fsp3) is 0.583. The molecule has 1 unspecified atom stereocenters. The first-order valence-electron chi connectivity index (χ1n) is 5.44. The lowest BCUT2D eigenvalue weighted by molar-refractivity contribution is -0.139. The SMILES string of the molecule is Cc1sc(C(N)CC(C)(C)CC(=O)O)cc1Br. The van der Waals surface area contributed by atoms with Gasteiger partial charge in [-0.2, -0.15) is 0 Å². The molecular weight excluding hydrogens is 302 g/mol. The monoisotopic (exact) mass is 319 g/mol. The minimum absolute atomic E-state index is 0.0978. The second-order valence-corrected chi connectivity index (χ2v) is 7.24. The summed E-state index contributed by atoms with van der Waals surface area (Å²) in [6, 6.07) is 1.93. The molecule has 5 heteroatoms. The highest BCUT2D eigenvalue weighted by atomic mass is 79.9. The van der Waals surface area contributed by atoms with E-state index in [0.29, 0.717) is 6.42 Å². The molecule has 17 heavy (non-hydrogen) atoms. The average molecular weight is 320 g/mol. The van der Waals surface area contributed by atoms with Gasteiger partial charge in [-0.3, -0.25) is 4.79 Å². The summed E-state index contributed by atoms with van der Waals surface area (Å²) in [5.41, 5.74) is 5.85. The van der Waals surface area contributed by atoms with Gasteiger partial charge in [-0.15, -0.1) is 11.3 Å². The van der Waals surface area contributed by atoms with E-state index in [-0.39, 0.29) is 17.9 Å². The topological polar surface area (TPSA) is 63.3 Å². The highest BCUT2D eigenvalue weighted by Gasteiger charge is 2.26. The highest BCUT2D eigenvalue weighted by molar-refractivity contribution is 9.10. The molecule has 0 amide bonds. The second kappa shape index (κ2) is 5.50. The van der Waals surface area contributed by atoms with Crippen LogP contribution in [-0.4, -0.2) is 11.1 Å². The maximum atomic E-state index is 10.7. The molecule has 0 bridgehead atoms. The van der Waals surface area contributed by atoms with E-state index in [9.17, 15) is 4.79 Å². The number of aryl methyl sites for hydroxylation is 1. The summed E-state index contributed by atoms with van der Waals surface area (Å²) in [5, 5.41) is 8.84. The third-order valence-electron chi connectivity index (χ3n) is 2.64. The Balaban J connectivity index is 2.71. The molecular formula is C12H18BrNO2S. The number of hydrogen-bond donors (Lipinski definition) is 2. The van der Waals surface area contributed by atoms with Crippen molar-refractivity contribution in [2.24, 2.45) is 11.1 Å². The molecule has 96 valence electrons. The molecule has 0 saturated heterocycles. The van der Waals surface area contributed by atoms with Gasteiger partial charge in [0, 0.05) is 20.3 Å². The summed E-state index contributed by atoms with van der Waals surface area (Å²) in [7, 11) is 0. The van der Waals surface area contributed by atoms with Crippen LogP contribution in [0.2, 0.25) is 0 Å².